The Morgan fingerprint density at radius 2 is 2.31 bits per heavy atom. The van der Waals surface area contributed by atoms with E-state index in [4.69, 9.17) is 0 Å². The molecule has 0 unspecified atom stereocenters. The van der Waals surface area contributed by atoms with Crippen molar-refractivity contribution in [3.63, 3.8) is 0 Å². The molecule has 0 spiro atoms. The van der Waals surface area contributed by atoms with Crippen LogP contribution in [0, 0.1) is 0 Å². The van der Waals surface area contributed by atoms with Crippen LogP contribution in [0.4, 0.5) is 0 Å². The van der Waals surface area contributed by atoms with Crippen LogP contribution in [0.1, 0.15) is 19.8 Å². The summed E-state index contributed by atoms with van der Waals surface area (Å²) in [7, 11) is 2.03. The number of hydrogen-bond donors (Lipinski definition) is 0. The number of thioether (sulfide) groups is 1. The lowest BCUT2D eigenvalue weighted by molar-refractivity contribution is 0.791. The summed E-state index contributed by atoms with van der Waals surface area (Å²) in [6.07, 6.45) is 2.45. The Morgan fingerprint density at radius 1 is 1.44 bits per heavy atom. The predicted octanol–water partition coefficient (Wildman–Crippen LogP) is 3.44. The minimum Gasteiger partial charge on any atom is -0.305 e. The monoisotopic (exact) mass is 253 g/mol. The van der Waals surface area contributed by atoms with E-state index in [0.29, 0.717) is 0 Å². The third kappa shape index (κ3) is 2.47. The highest BCUT2D eigenvalue weighted by Crippen LogP contribution is 2.26. The first-order valence-corrected chi connectivity index (χ1v) is 7.25. The van der Waals surface area contributed by atoms with Crippen molar-refractivity contribution in [2.45, 2.75) is 24.9 Å². The molecule has 2 rings (SSSR count). The minimum atomic E-state index is 0.967. The second kappa shape index (κ2) is 5.50. The second-order valence-corrected chi connectivity index (χ2v) is 5.55. The molecule has 0 fully saturated rings. The van der Waals surface area contributed by atoms with Crippen molar-refractivity contribution < 1.29 is 0 Å². The zero-order chi connectivity index (χ0) is 11.4. The molecule has 0 saturated heterocycles. The number of aromatic nitrogens is 3. The summed E-state index contributed by atoms with van der Waals surface area (Å²) in [4.78, 5) is 1.18. The van der Waals surface area contributed by atoms with Gasteiger partial charge in [0.2, 0.25) is 0 Å². The van der Waals surface area contributed by atoms with Crippen molar-refractivity contribution >= 4 is 23.1 Å². The van der Waals surface area contributed by atoms with Crippen LogP contribution in [0.15, 0.2) is 22.7 Å². The van der Waals surface area contributed by atoms with Gasteiger partial charge in [-0.2, -0.15) is 0 Å². The molecular weight excluding hydrogens is 238 g/mol. The second-order valence-electron chi connectivity index (χ2n) is 3.54. The molecule has 0 amide bonds. The third-order valence-electron chi connectivity index (χ3n) is 2.31. The summed E-state index contributed by atoms with van der Waals surface area (Å²) < 4.78 is 2.08. The highest BCUT2D eigenvalue weighted by Gasteiger charge is 2.11. The third-order valence-corrected chi connectivity index (χ3v) is 4.28. The van der Waals surface area contributed by atoms with Crippen molar-refractivity contribution in [1.82, 2.24) is 14.8 Å². The molecule has 3 nitrogen and oxygen atoms in total. The lowest BCUT2D eigenvalue weighted by atomic mass is 10.4. The molecule has 0 aliphatic heterocycles. The topological polar surface area (TPSA) is 30.7 Å². The fourth-order valence-corrected chi connectivity index (χ4v) is 3.11. The molecule has 0 aromatic carbocycles. The Kier molecular flexibility index (Phi) is 4.01. The molecule has 0 bridgehead atoms. The van der Waals surface area contributed by atoms with Gasteiger partial charge in [0.25, 0.3) is 0 Å². The van der Waals surface area contributed by atoms with Crippen molar-refractivity contribution in [3.8, 4) is 10.7 Å². The van der Waals surface area contributed by atoms with Gasteiger partial charge in [0, 0.05) is 12.8 Å². The van der Waals surface area contributed by atoms with Gasteiger partial charge >= 0.3 is 0 Å². The van der Waals surface area contributed by atoms with E-state index in [0.717, 1.165) is 16.7 Å². The molecule has 0 atom stereocenters. The highest BCUT2D eigenvalue weighted by molar-refractivity contribution is 7.99. The van der Waals surface area contributed by atoms with Crippen LogP contribution >= 0.6 is 23.1 Å². The molecule has 0 radical (unpaired) electrons. The van der Waals surface area contributed by atoms with E-state index in [1.165, 1.54) is 17.7 Å². The maximum absolute atomic E-state index is 4.24. The maximum atomic E-state index is 4.24. The SMILES string of the molecule is CCCCSc1nnc(-c2cccs2)n1C. The summed E-state index contributed by atoms with van der Waals surface area (Å²) in [6.45, 7) is 2.20. The van der Waals surface area contributed by atoms with E-state index in [9.17, 15) is 0 Å². The van der Waals surface area contributed by atoms with E-state index in [-0.39, 0.29) is 0 Å². The molecular formula is C11H15N3S2. The lowest BCUT2D eigenvalue weighted by Crippen LogP contribution is -1.94. The molecule has 5 heteroatoms. The maximum Gasteiger partial charge on any atom is 0.191 e. The van der Waals surface area contributed by atoms with Gasteiger partial charge in [0.15, 0.2) is 11.0 Å². The number of rotatable bonds is 5. The van der Waals surface area contributed by atoms with Crippen LogP contribution in [-0.4, -0.2) is 20.5 Å². The van der Waals surface area contributed by atoms with Crippen molar-refractivity contribution in [2.75, 3.05) is 5.75 Å². The summed E-state index contributed by atoms with van der Waals surface area (Å²) in [6, 6.07) is 4.12. The smallest absolute Gasteiger partial charge is 0.191 e. The first kappa shape index (κ1) is 11.7. The van der Waals surface area contributed by atoms with Gasteiger partial charge in [-0.1, -0.05) is 31.2 Å². The van der Waals surface area contributed by atoms with Gasteiger partial charge in [-0.3, -0.25) is 0 Å². The Balaban J connectivity index is 2.12. The van der Waals surface area contributed by atoms with Crippen LogP contribution in [0.25, 0.3) is 10.7 Å². The van der Waals surface area contributed by atoms with Gasteiger partial charge in [0.05, 0.1) is 4.88 Å². The molecule has 2 aromatic rings. The number of hydrogen-bond acceptors (Lipinski definition) is 4. The van der Waals surface area contributed by atoms with Gasteiger partial charge in [0.1, 0.15) is 0 Å². The molecule has 86 valence electrons. The van der Waals surface area contributed by atoms with E-state index in [2.05, 4.69) is 33.1 Å². The Hall–Kier alpha value is -0.810. The van der Waals surface area contributed by atoms with Crippen LogP contribution in [0.3, 0.4) is 0 Å². The average molecular weight is 253 g/mol. The average Bonchev–Trinajstić information content (AvgIpc) is 2.89. The molecule has 16 heavy (non-hydrogen) atoms. The molecule has 0 aliphatic rings. The van der Waals surface area contributed by atoms with Gasteiger partial charge in [-0.25, -0.2) is 0 Å². The summed E-state index contributed by atoms with van der Waals surface area (Å²) >= 11 is 3.48. The minimum absolute atomic E-state index is 0.967. The first-order chi connectivity index (χ1) is 7.83. The largest absolute Gasteiger partial charge is 0.305 e. The van der Waals surface area contributed by atoms with Crippen molar-refractivity contribution in [2.24, 2.45) is 7.05 Å². The Morgan fingerprint density at radius 3 is 3.00 bits per heavy atom. The number of nitrogens with zero attached hydrogens (tertiary/aromatic N) is 3. The van der Waals surface area contributed by atoms with E-state index < -0.39 is 0 Å². The van der Waals surface area contributed by atoms with Crippen LogP contribution < -0.4 is 0 Å². The fraction of sp³-hybridized carbons (Fsp3) is 0.455. The molecule has 0 saturated carbocycles. The molecule has 2 heterocycles. The van der Waals surface area contributed by atoms with Crippen molar-refractivity contribution in [3.05, 3.63) is 17.5 Å². The zero-order valence-corrected chi connectivity index (χ0v) is 11.1. The van der Waals surface area contributed by atoms with E-state index in [1.54, 1.807) is 23.1 Å². The van der Waals surface area contributed by atoms with Crippen LogP contribution in [0.2, 0.25) is 0 Å². The molecule has 0 aliphatic carbocycles. The van der Waals surface area contributed by atoms with Crippen molar-refractivity contribution in [1.29, 1.82) is 0 Å². The first-order valence-electron chi connectivity index (χ1n) is 5.39. The Labute approximate surface area is 104 Å². The normalized spacial score (nSPS) is 10.9. The molecule has 0 N–H and O–H groups in total. The zero-order valence-electron chi connectivity index (χ0n) is 9.51. The quantitative estimate of drug-likeness (QED) is 0.604. The van der Waals surface area contributed by atoms with E-state index in [1.807, 2.05) is 13.1 Å². The Bertz CT molecular complexity index is 434. The lowest BCUT2D eigenvalue weighted by Gasteiger charge is -2.01. The summed E-state index contributed by atoms with van der Waals surface area (Å²) in [5, 5.41) is 11.5. The van der Waals surface area contributed by atoms with Gasteiger partial charge < -0.3 is 4.57 Å². The van der Waals surface area contributed by atoms with E-state index >= 15 is 0 Å². The summed E-state index contributed by atoms with van der Waals surface area (Å²) in [5.74, 6) is 2.08. The highest BCUT2D eigenvalue weighted by atomic mass is 32.2. The number of thiophene rings is 1. The van der Waals surface area contributed by atoms with Gasteiger partial charge in [-0.05, 0) is 17.9 Å². The number of unbranched alkanes of at least 4 members (excludes halogenated alkanes) is 1. The van der Waals surface area contributed by atoms with Crippen LogP contribution in [0.5, 0.6) is 0 Å². The predicted molar refractivity (Wildman–Crippen MR) is 69.9 cm³/mol. The van der Waals surface area contributed by atoms with Crippen LogP contribution in [-0.2, 0) is 7.05 Å². The fourth-order valence-electron chi connectivity index (χ4n) is 1.37. The standard InChI is InChI=1S/C11H15N3S2/c1-3-4-7-16-11-13-12-10(14(11)2)9-6-5-8-15-9/h5-6,8H,3-4,7H2,1-2H3. The molecule has 2 aromatic heterocycles. The summed E-state index contributed by atoms with van der Waals surface area (Å²) in [5.41, 5.74) is 0. The van der Waals surface area contributed by atoms with Gasteiger partial charge in [-0.15, -0.1) is 21.5 Å².